The molecule has 1 unspecified atom stereocenters. The smallest absolute Gasteiger partial charge is 0.314 e. The van der Waals surface area contributed by atoms with Crippen molar-refractivity contribution < 1.29 is 13.2 Å². The van der Waals surface area contributed by atoms with Crippen LogP contribution in [0.4, 0.5) is 13.2 Å². The topological polar surface area (TPSA) is 12.0 Å². The summed E-state index contributed by atoms with van der Waals surface area (Å²) in [6.45, 7) is 7.02. The number of alkyl halides is 3. The summed E-state index contributed by atoms with van der Waals surface area (Å²) < 4.78 is 36.8. The summed E-state index contributed by atoms with van der Waals surface area (Å²) in [4.78, 5) is 0. The predicted octanol–water partition coefficient (Wildman–Crippen LogP) is 4.95. The van der Waals surface area contributed by atoms with E-state index in [0.29, 0.717) is 6.42 Å². The fraction of sp³-hybridized carbons (Fsp3) is 0.647. The van der Waals surface area contributed by atoms with Gasteiger partial charge in [-0.15, -0.1) is 0 Å². The van der Waals surface area contributed by atoms with Gasteiger partial charge in [-0.05, 0) is 51.6 Å². The zero-order valence-corrected chi connectivity index (χ0v) is 13.2. The summed E-state index contributed by atoms with van der Waals surface area (Å²) in [5.41, 5.74) is 3.61. The highest BCUT2D eigenvalue weighted by Gasteiger charge is 2.26. The van der Waals surface area contributed by atoms with Gasteiger partial charge in [-0.3, -0.25) is 0 Å². The van der Waals surface area contributed by atoms with Crippen molar-refractivity contribution in [2.45, 2.75) is 65.1 Å². The molecule has 0 bridgehead atoms. The van der Waals surface area contributed by atoms with E-state index in [2.05, 4.69) is 44.3 Å². The van der Waals surface area contributed by atoms with Gasteiger partial charge in [-0.1, -0.05) is 36.2 Å². The van der Waals surface area contributed by atoms with Crippen LogP contribution in [0.5, 0.6) is 0 Å². The van der Waals surface area contributed by atoms with Crippen LogP contribution in [0.3, 0.4) is 0 Å². The number of hydrogen-bond acceptors (Lipinski definition) is 1. The molecule has 120 valence electrons. The molecule has 0 aliphatic heterocycles. The molecule has 0 saturated carbocycles. The Kier molecular flexibility index (Phi) is 7.23. The molecule has 4 heteroatoms. The van der Waals surface area contributed by atoms with E-state index in [0.717, 1.165) is 19.4 Å². The molecule has 1 aromatic carbocycles. The monoisotopic (exact) mass is 301 g/mol. The van der Waals surface area contributed by atoms with E-state index >= 15 is 0 Å². The lowest BCUT2D eigenvalue weighted by atomic mass is 9.98. The summed E-state index contributed by atoms with van der Waals surface area (Å²) >= 11 is 0. The molecule has 1 rings (SSSR count). The Bertz CT molecular complexity index is 406. The summed E-state index contributed by atoms with van der Waals surface area (Å²) in [5, 5.41) is 3.38. The first-order chi connectivity index (χ1) is 9.80. The first-order valence-corrected chi connectivity index (χ1v) is 7.67. The normalized spacial score (nSPS) is 13.4. The molecule has 21 heavy (non-hydrogen) atoms. The van der Waals surface area contributed by atoms with Crippen LogP contribution < -0.4 is 5.32 Å². The third kappa shape index (κ3) is 8.10. The maximum absolute atomic E-state index is 12.3. The first-order valence-electron chi connectivity index (χ1n) is 7.67. The second kappa shape index (κ2) is 8.42. The van der Waals surface area contributed by atoms with Gasteiger partial charge >= 0.3 is 6.18 Å². The van der Waals surface area contributed by atoms with Gasteiger partial charge < -0.3 is 5.32 Å². The van der Waals surface area contributed by atoms with Crippen molar-refractivity contribution in [1.82, 2.24) is 5.32 Å². The average molecular weight is 301 g/mol. The molecular formula is C17H26F3N. The van der Waals surface area contributed by atoms with Crippen LogP contribution in [0.1, 0.15) is 49.3 Å². The Labute approximate surface area is 125 Å². The molecule has 0 saturated heterocycles. The van der Waals surface area contributed by atoms with Crippen molar-refractivity contribution >= 4 is 0 Å². The lowest BCUT2D eigenvalue weighted by Gasteiger charge is -2.19. The van der Waals surface area contributed by atoms with Crippen molar-refractivity contribution in [2.24, 2.45) is 0 Å². The second-order valence-corrected chi connectivity index (χ2v) is 5.86. The van der Waals surface area contributed by atoms with Crippen molar-refractivity contribution in [2.75, 3.05) is 6.54 Å². The summed E-state index contributed by atoms with van der Waals surface area (Å²) in [6, 6.07) is 6.48. The maximum Gasteiger partial charge on any atom is 0.389 e. The first kappa shape index (κ1) is 18.0. The van der Waals surface area contributed by atoms with E-state index in [-0.39, 0.29) is 12.5 Å². The molecule has 0 aliphatic rings. The van der Waals surface area contributed by atoms with Gasteiger partial charge in [0.25, 0.3) is 0 Å². The number of aryl methyl sites for hydroxylation is 2. The predicted molar refractivity (Wildman–Crippen MR) is 81.6 cm³/mol. The molecule has 0 aliphatic carbocycles. The quantitative estimate of drug-likeness (QED) is 0.716. The molecular weight excluding hydrogens is 275 g/mol. The number of halogens is 3. The third-order valence-electron chi connectivity index (χ3n) is 3.46. The standard InChI is InChI=1S/C17H26F3N/c1-4-8-21-16(6-5-7-17(18,19)20)12-15-10-13(2)9-14(3)11-15/h9-11,16,21H,4-8,12H2,1-3H3. The molecule has 0 spiro atoms. The molecule has 1 N–H and O–H groups in total. The number of benzene rings is 1. The van der Waals surface area contributed by atoms with Crippen molar-refractivity contribution in [3.05, 3.63) is 34.9 Å². The van der Waals surface area contributed by atoms with E-state index in [1.807, 2.05) is 0 Å². The Morgan fingerprint density at radius 2 is 1.71 bits per heavy atom. The van der Waals surface area contributed by atoms with Gasteiger partial charge in [-0.25, -0.2) is 0 Å². The Balaban J connectivity index is 2.59. The van der Waals surface area contributed by atoms with E-state index in [1.54, 1.807) is 0 Å². The number of nitrogens with one attached hydrogen (secondary N) is 1. The lowest BCUT2D eigenvalue weighted by Crippen LogP contribution is -2.32. The largest absolute Gasteiger partial charge is 0.389 e. The van der Waals surface area contributed by atoms with Gasteiger partial charge in [-0.2, -0.15) is 13.2 Å². The van der Waals surface area contributed by atoms with Gasteiger partial charge in [0.05, 0.1) is 0 Å². The molecule has 1 atom stereocenters. The van der Waals surface area contributed by atoms with Crippen LogP contribution in [-0.2, 0) is 6.42 Å². The van der Waals surface area contributed by atoms with Crippen molar-refractivity contribution in [3.63, 3.8) is 0 Å². The lowest BCUT2D eigenvalue weighted by molar-refractivity contribution is -0.135. The molecule has 1 aromatic rings. The van der Waals surface area contributed by atoms with Crippen LogP contribution >= 0.6 is 0 Å². The van der Waals surface area contributed by atoms with Crippen molar-refractivity contribution in [3.8, 4) is 0 Å². The molecule has 0 aromatic heterocycles. The van der Waals surface area contributed by atoms with E-state index < -0.39 is 12.6 Å². The van der Waals surface area contributed by atoms with Gasteiger partial charge in [0.2, 0.25) is 0 Å². The van der Waals surface area contributed by atoms with Crippen LogP contribution in [-0.4, -0.2) is 18.8 Å². The van der Waals surface area contributed by atoms with E-state index in [1.165, 1.54) is 16.7 Å². The highest BCUT2D eigenvalue weighted by Crippen LogP contribution is 2.23. The maximum atomic E-state index is 12.3. The highest BCUT2D eigenvalue weighted by molar-refractivity contribution is 5.29. The second-order valence-electron chi connectivity index (χ2n) is 5.86. The minimum atomic E-state index is -4.05. The molecule has 0 heterocycles. The molecule has 0 radical (unpaired) electrons. The van der Waals surface area contributed by atoms with Gasteiger partial charge in [0, 0.05) is 12.5 Å². The SMILES string of the molecule is CCCNC(CCCC(F)(F)F)Cc1cc(C)cc(C)c1. The minimum absolute atomic E-state index is 0.119. The van der Waals surface area contributed by atoms with Crippen LogP contribution in [0, 0.1) is 13.8 Å². The zero-order valence-electron chi connectivity index (χ0n) is 13.2. The Morgan fingerprint density at radius 3 is 2.24 bits per heavy atom. The van der Waals surface area contributed by atoms with Crippen LogP contribution in [0.2, 0.25) is 0 Å². The highest BCUT2D eigenvalue weighted by atomic mass is 19.4. The van der Waals surface area contributed by atoms with E-state index in [9.17, 15) is 13.2 Å². The summed E-state index contributed by atoms with van der Waals surface area (Å²) in [6.07, 6.45) is -2.20. The fourth-order valence-electron chi connectivity index (χ4n) is 2.65. The van der Waals surface area contributed by atoms with Crippen molar-refractivity contribution in [1.29, 1.82) is 0 Å². The van der Waals surface area contributed by atoms with Gasteiger partial charge in [0.1, 0.15) is 0 Å². The number of rotatable bonds is 8. The average Bonchev–Trinajstić information content (AvgIpc) is 2.32. The van der Waals surface area contributed by atoms with Crippen LogP contribution in [0.25, 0.3) is 0 Å². The Hall–Kier alpha value is -1.03. The fourth-order valence-corrected chi connectivity index (χ4v) is 2.65. The van der Waals surface area contributed by atoms with E-state index in [4.69, 9.17) is 0 Å². The molecule has 0 amide bonds. The third-order valence-corrected chi connectivity index (χ3v) is 3.46. The summed E-state index contributed by atoms with van der Waals surface area (Å²) in [5.74, 6) is 0. The summed E-state index contributed by atoms with van der Waals surface area (Å²) in [7, 11) is 0. The number of hydrogen-bond donors (Lipinski definition) is 1. The molecule has 1 nitrogen and oxygen atoms in total. The van der Waals surface area contributed by atoms with Crippen LogP contribution in [0.15, 0.2) is 18.2 Å². The Morgan fingerprint density at radius 1 is 1.10 bits per heavy atom. The van der Waals surface area contributed by atoms with Gasteiger partial charge in [0.15, 0.2) is 0 Å². The minimum Gasteiger partial charge on any atom is -0.314 e. The zero-order chi connectivity index (χ0) is 15.9. The molecule has 0 fully saturated rings.